The molecule has 0 bridgehead atoms. The van der Waals surface area contributed by atoms with E-state index in [0.717, 1.165) is 16.2 Å². The van der Waals surface area contributed by atoms with E-state index in [9.17, 15) is 0 Å². The summed E-state index contributed by atoms with van der Waals surface area (Å²) in [7, 11) is 0. The molecule has 2 aromatic carbocycles. The van der Waals surface area contributed by atoms with E-state index >= 15 is 0 Å². The van der Waals surface area contributed by atoms with Crippen molar-refractivity contribution in [2.45, 2.75) is 13.8 Å². The molecule has 1 heterocycles. The molecule has 19 heavy (non-hydrogen) atoms. The summed E-state index contributed by atoms with van der Waals surface area (Å²) in [5.41, 5.74) is 5.68. The molecule has 0 spiro atoms. The second-order valence-electron chi connectivity index (χ2n) is 4.84. The number of pyridine rings is 1. The quantitative estimate of drug-likeness (QED) is 0.593. The van der Waals surface area contributed by atoms with E-state index in [2.05, 4.69) is 48.3 Å². The summed E-state index contributed by atoms with van der Waals surface area (Å²) in [5.74, 6) is 0. The average molecular weight is 268 g/mol. The van der Waals surface area contributed by atoms with Gasteiger partial charge in [0.15, 0.2) is 0 Å². The van der Waals surface area contributed by atoms with Crippen LogP contribution in [0.2, 0.25) is 5.02 Å². The summed E-state index contributed by atoms with van der Waals surface area (Å²) >= 11 is 5.96. The van der Waals surface area contributed by atoms with Gasteiger partial charge in [-0.25, -0.2) is 0 Å². The largest absolute Gasteiger partial charge is 0.253 e. The Bertz CT molecular complexity index is 740. The topological polar surface area (TPSA) is 12.9 Å². The van der Waals surface area contributed by atoms with E-state index in [4.69, 9.17) is 11.6 Å². The van der Waals surface area contributed by atoms with Gasteiger partial charge < -0.3 is 0 Å². The van der Waals surface area contributed by atoms with Crippen molar-refractivity contribution in [1.82, 2.24) is 4.98 Å². The van der Waals surface area contributed by atoms with E-state index in [0.29, 0.717) is 0 Å². The molecule has 0 saturated heterocycles. The first-order valence-corrected chi connectivity index (χ1v) is 6.65. The molecule has 0 aliphatic rings. The first kappa shape index (κ1) is 12.2. The van der Waals surface area contributed by atoms with Gasteiger partial charge in [-0.05, 0) is 54.8 Å². The third-order valence-electron chi connectivity index (χ3n) is 3.25. The van der Waals surface area contributed by atoms with E-state index in [1.165, 1.54) is 22.1 Å². The predicted molar refractivity (Wildman–Crippen MR) is 81.7 cm³/mol. The Morgan fingerprint density at radius 1 is 0.895 bits per heavy atom. The van der Waals surface area contributed by atoms with Crippen LogP contribution in [0.4, 0.5) is 0 Å². The average Bonchev–Trinajstić information content (AvgIpc) is 2.38. The second-order valence-corrected chi connectivity index (χ2v) is 5.28. The lowest BCUT2D eigenvalue weighted by molar-refractivity contribution is 1.25. The number of hydrogen-bond donors (Lipinski definition) is 0. The van der Waals surface area contributed by atoms with Crippen LogP contribution in [0.3, 0.4) is 0 Å². The summed E-state index contributed by atoms with van der Waals surface area (Å²) in [6.45, 7) is 4.12. The molecule has 1 aromatic heterocycles. The Balaban J connectivity index is 2.30. The normalized spacial score (nSPS) is 10.9. The fourth-order valence-corrected chi connectivity index (χ4v) is 2.47. The van der Waals surface area contributed by atoms with Gasteiger partial charge in [-0.2, -0.15) is 0 Å². The predicted octanol–water partition coefficient (Wildman–Crippen LogP) is 5.17. The van der Waals surface area contributed by atoms with Gasteiger partial charge in [-0.15, -0.1) is 0 Å². The van der Waals surface area contributed by atoms with E-state index in [-0.39, 0.29) is 0 Å². The summed E-state index contributed by atoms with van der Waals surface area (Å²) in [6, 6.07) is 16.5. The molecule has 0 amide bonds. The van der Waals surface area contributed by atoms with Crippen molar-refractivity contribution in [2.24, 2.45) is 0 Å². The second kappa shape index (κ2) is 4.67. The van der Waals surface area contributed by atoms with Crippen LogP contribution in [0.5, 0.6) is 0 Å². The minimum absolute atomic E-state index is 0.759. The Morgan fingerprint density at radius 2 is 1.63 bits per heavy atom. The summed E-state index contributed by atoms with van der Waals surface area (Å²) in [4.78, 5) is 4.61. The van der Waals surface area contributed by atoms with Gasteiger partial charge in [-0.1, -0.05) is 35.9 Å². The third kappa shape index (κ3) is 2.34. The van der Waals surface area contributed by atoms with Crippen LogP contribution >= 0.6 is 11.6 Å². The Morgan fingerprint density at radius 3 is 2.37 bits per heavy atom. The molecule has 0 atom stereocenters. The van der Waals surface area contributed by atoms with Crippen LogP contribution in [0, 0.1) is 13.8 Å². The maximum absolute atomic E-state index is 5.96. The van der Waals surface area contributed by atoms with E-state index in [1.54, 1.807) is 0 Å². The molecule has 1 nitrogen and oxygen atoms in total. The molecule has 0 aliphatic carbocycles. The molecule has 2 heteroatoms. The SMILES string of the molecule is Cc1cc(-c2ccc(Cl)cc2)c2ccc(C)nc2c1. The minimum Gasteiger partial charge on any atom is -0.253 e. The Kier molecular flexibility index (Phi) is 3.00. The number of rotatable bonds is 1. The first-order valence-electron chi connectivity index (χ1n) is 6.27. The highest BCUT2D eigenvalue weighted by Crippen LogP contribution is 2.30. The lowest BCUT2D eigenvalue weighted by Crippen LogP contribution is -1.88. The number of fused-ring (bicyclic) bond motifs is 1. The van der Waals surface area contributed by atoms with Crippen LogP contribution in [-0.2, 0) is 0 Å². The highest BCUT2D eigenvalue weighted by molar-refractivity contribution is 6.30. The maximum atomic E-state index is 5.96. The van der Waals surface area contributed by atoms with E-state index in [1.807, 2.05) is 19.1 Å². The van der Waals surface area contributed by atoms with Crippen molar-refractivity contribution in [3.05, 3.63) is 64.8 Å². The molecule has 0 saturated carbocycles. The fraction of sp³-hybridized carbons (Fsp3) is 0.118. The van der Waals surface area contributed by atoms with Gasteiger partial charge >= 0.3 is 0 Å². The van der Waals surface area contributed by atoms with Gasteiger partial charge in [0.05, 0.1) is 5.52 Å². The molecule has 3 aromatic rings. The fourth-order valence-electron chi connectivity index (χ4n) is 2.35. The number of aromatic nitrogens is 1. The van der Waals surface area contributed by atoms with Gasteiger partial charge in [-0.3, -0.25) is 4.98 Å². The first-order chi connectivity index (χ1) is 9.13. The van der Waals surface area contributed by atoms with Crippen LogP contribution in [0.25, 0.3) is 22.0 Å². The molecule has 94 valence electrons. The van der Waals surface area contributed by atoms with Crippen molar-refractivity contribution in [2.75, 3.05) is 0 Å². The number of aryl methyl sites for hydroxylation is 2. The van der Waals surface area contributed by atoms with Crippen LogP contribution in [0.1, 0.15) is 11.3 Å². The number of halogens is 1. The highest BCUT2D eigenvalue weighted by atomic mass is 35.5. The van der Waals surface area contributed by atoms with Crippen molar-refractivity contribution in [3.8, 4) is 11.1 Å². The van der Waals surface area contributed by atoms with Crippen molar-refractivity contribution in [3.63, 3.8) is 0 Å². The Hall–Kier alpha value is -1.86. The van der Waals surface area contributed by atoms with Crippen molar-refractivity contribution < 1.29 is 0 Å². The third-order valence-corrected chi connectivity index (χ3v) is 3.50. The summed E-state index contributed by atoms with van der Waals surface area (Å²) in [5, 5.41) is 1.94. The summed E-state index contributed by atoms with van der Waals surface area (Å²) < 4.78 is 0. The zero-order valence-corrected chi connectivity index (χ0v) is 11.7. The maximum Gasteiger partial charge on any atom is 0.0714 e. The molecular weight excluding hydrogens is 254 g/mol. The van der Waals surface area contributed by atoms with Gasteiger partial charge in [0, 0.05) is 16.1 Å². The zero-order valence-electron chi connectivity index (χ0n) is 10.9. The molecule has 0 aliphatic heterocycles. The molecule has 3 rings (SSSR count). The van der Waals surface area contributed by atoms with Crippen molar-refractivity contribution >= 4 is 22.5 Å². The van der Waals surface area contributed by atoms with Gasteiger partial charge in [0.25, 0.3) is 0 Å². The highest BCUT2D eigenvalue weighted by Gasteiger charge is 2.06. The minimum atomic E-state index is 0.759. The number of benzene rings is 2. The standard InChI is InChI=1S/C17H14ClN/c1-11-9-16(13-4-6-14(18)7-5-13)15-8-3-12(2)19-17(15)10-11/h3-10H,1-2H3. The summed E-state index contributed by atoms with van der Waals surface area (Å²) in [6.07, 6.45) is 0. The molecular formula is C17H14ClN. The smallest absolute Gasteiger partial charge is 0.0714 e. The zero-order chi connectivity index (χ0) is 13.4. The molecule has 0 radical (unpaired) electrons. The lowest BCUT2D eigenvalue weighted by atomic mass is 9.98. The van der Waals surface area contributed by atoms with Crippen molar-refractivity contribution in [1.29, 1.82) is 0 Å². The van der Waals surface area contributed by atoms with Gasteiger partial charge in [0.2, 0.25) is 0 Å². The molecule has 0 fully saturated rings. The van der Waals surface area contributed by atoms with Crippen LogP contribution < -0.4 is 0 Å². The monoisotopic (exact) mass is 267 g/mol. The molecule has 0 N–H and O–H groups in total. The Labute approximate surface area is 117 Å². The molecule has 0 unspecified atom stereocenters. The van der Waals surface area contributed by atoms with E-state index < -0.39 is 0 Å². The number of hydrogen-bond acceptors (Lipinski definition) is 1. The van der Waals surface area contributed by atoms with Crippen LogP contribution in [0.15, 0.2) is 48.5 Å². The number of nitrogens with zero attached hydrogens (tertiary/aromatic N) is 1. The van der Waals surface area contributed by atoms with Gasteiger partial charge in [0.1, 0.15) is 0 Å². The van der Waals surface area contributed by atoms with Crippen LogP contribution in [-0.4, -0.2) is 4.98 Å². The lowest BCUT2D eigenvalue weighted by Gasteiger charge is -2.09.